The SMILES string of the molecule is CC1(C(=O)NCCc2ccco2)CCNCC1. The Hall–Kier alpha value is -1.29. The first-order chi connectivity index (χ1) is 8.21. The van der Waals surface area contributed by atoms with E-state index in [2.05, 4.69) is 17.6 Å². The maximum Gasteiger partial charge on any atom is 0.226 e. The first-order valence-electron chi connectivity index (χ1n) is 6.22. The van der Waals surface area contributed by atoms with Gasteiger partial charge in [0.05, 0.1) is 6.26 Å². The molecule has 1 saturated heterocycles. The molecule has 1 amide bonds. The fourth-order valence-corrected chi connectivity index (χ4v) is 2.17. The lowest BCUT2D eigenvalue weighted by Gasteiger charge is -2.32. The Morgan fingerprint density at radius 2 is 2.29 bits per heavy atom. The second-order valence-corrected chi connectivity index (χ2v) is 4.90. The third-order valence-electron chi connectivity index (χ3n) is 3.49. The topological polar surface area (TPSA) is 54.3 Å². The summed E-state index contributed by atoms with van der Waals surface area (Å²) in [5.74, 6) is 1.09. The highest BCUT2D eigenvalue weighted by Crippen LogP contribution is 2.27. The molecule has 2 heterocycles. The van der Waals surface area contributed by atoms with Crippen LogP contribution in [0.5, 0.6) is 0 Å². The normalized spacial score (nSPS) is 18.9. The predicted molar refractivity (Wildman–Crippen MR) is 65.6 cm³/mol. The summed E-state index contributed by atoms with van der Waals surface area (Å²) >= 11 is 0. The van der Waals surface area contributed by atoms with Gasteiger partial charge in [0, 0.05) is 18.4 Å². The van der Waals surface area contributed by atoms with Crippen LogP contribution < -0.4 is 10.6 Å². The van der Waals surface area contributed by atoms with Crippen LogP contribution in [0, 0.1) is 5.41 Å². The van der Waals surface area contributed by atoms with Crippen LogP contribution in [-0.2, 0) is 11.2 Å². The summed E-state index contributed by atoms with van der Waals surface area (Å²) in [6.07, 6.45) is 4.25. The van der Waals surface area contributed by atoms with E-state index in [0.29, 0.717) is 6.54 Å². The van der Waals surface area contributed by atoms with Gasteiger partial charge in [-0.05, 0) is 38.1 Å². The van der Waals surface area contributed by atoms with Gasteiger partial charge >= 0.3 is 0 Å². The Morgan fingerprint density at radius 3 is 2.94 bits per heavy atom. The lowest BCUT2D eigenvalue weighted by atomic mass is 9.80. The van der Waals surface area contributed by atoms with Crippen LogP contribution in [0.25, 0.3) is 0 Å². The summed E-state index contributed by atoms with van der Waals surface area (Å²) < 4.78 is 5.22. The third kappa shape index (κ3) is 3.09. The van der Waals surface area contributed by atoms with E-state index in [-0.39, 0.29) is 11.3 Å². The van der Waals surface area contributed by atoms with Gasteiger partial charge < -0.3 is 15.1 Å². The second-order valence-electron chi connectivity index (χ2n) is 4.90. The molecule has 0 atom stereocenters. The standard InChI is InChI=1S/C13H20N2O2/c1-13(5-8-14-9-6-13)12(16)15-7-4-11-3-2-10-17-11/h2-3,10,14H,4-9H2,1H3,(H,15,16). The zero-order valence-electron chi connectivity index (χ0n) is 10.3. The fraction of sp³-hybridized carbons (Fsp3) is 0.615. The van der Waals surface area contributed by atoms with Gasteiger partial charge in [-0.3, -0.25) is 4.79 Å². The minimum atomic E-state index is -0.200. The summed E-state index contributed by atoms with van der Waals surface area (Å²) in [4.78, 5) is 12.1. The molecule has 4 heteroatoms. The number of rotatable bonds is 4. The van der Waals surface area contributed by atoms with Crippen molar-refractivity contribution in [1.82, 2.24) is 10.6 Å². The van der Waals surface area contributed by atoms with Crippen molar-refractivity contribution in [2.45, 2.75) is 26.2 Å². The molecule has 0 unspecified atom stereocenters. The van der Waals surface area contributed by atoms with Crippen LogP contribution in [0.3, 0.4) is 0 Å². The lowest BCUT2D eigenvalue weighted by Crippen LogP contribution is -2.46. The van der Waals surface area contributed by atoms with Crippen molar-refractivity contribution in [1.29, 1.82) is 0 Å². The molecule has 4 nitrogen and oxygen atoms in total. The monoisotopic (exact) mass is 236 g/mol. The number of furan rings is 1. The fourth-order valence-electron chi connectivity index (χ4n) is 2.17. The zero-order chi connectivity index (χ0) is 12.1. The average molecular weight is 236 g/mol. The van der Waals surface area contributed by atoms with Crippen LogP contribution in [0.2, 0.25) is 0 Å². The molecule has 17 heavy (non-hydrogen) atoms. The van der Waals surface area contributed by atoms with Gasteiger partial charge in [-0.1, -0.05) is 6.92 Å². The number of carbonyl (C=O) groups is 1. The maximum atomic E-state index is 12.1. The Kier molecular flexibility index (Phi) is 3.84. The van der Waals surface area contributed by atoms with E-state index in [0.717, 1.165) is 38.1 Å². The molecule has 0 saturated carbocycles. The van der Waals surface area contributed by atoms with Crippen molar-refractivity contribution < 1.29 is 9.21 Å². The van der Waals surface area contributed by atoms with E-state index >= 15 is 0 Å². The quantitative estimate of drug-likeness (QED) is 0.829. The van der Waals surface area contributed by atoms with Crippen molar-refractivity contribution in [2.24, 2.45) is 5.41 Å². The van der Waals surface area contributed by atoms with Gasteiger partial charge in [0.1, 0.15) is 5.76 Å². The average Bonchev–Trinajstić information content (AvgIpc) is 2.83. The number of hydrogen-bond donors (Lipinski definition) is 2. The number of piperidine rings is 1. The van der Waals surface area contributed by atoms with Crippen LogP contribution in [-0.4, -0.2) is 25.5 Å². The van der Waals surface area contributed by atoms with Crippen LogP contribution in [0.4, 0.5) is 0 Å². The van der Waals surface area contributed by atoms with Crippen LogP contribution >= 0.6 is 0 Å². The van der Waals surface area contributed by atoms with E-state index in [1.165, 1.54) is 0 Å². The molecule has 1 aliphatic heterocycles. The van der Waals surface area contributed by atoms with Crippen molar-refractivity contribution in [3.8, 4) is 0 Å². The molecule has 1 aromatic rings. The molecule has 1 fully saturated rings. The highest BCUT2D eigenvalue weighted by molar-refractivity contribution is 5.82. The second kappa shape index (κ2) is 5.36. The molecule has 1 aromatic heterocycles. The van der Waals surface area contributed by atoms with E-state index in [1.54, 1.807) is 6.26 Å². The van der Waals surface area contributed by atoms with Crippen molar-refractivity contribution in [3.63, 3.8) is 0 Å². The number of nitrogens with one attached hydrogen (secondary N) is 2. The van der Waals surface area contributed by atoms with E-state index in [9.17, 15) is 4.79 Å². The summed E-state index contributed by atoms with van der Waals surface area (Å²) in [6, 6.07) is 3.80. The molecule has 94 valence electrons. The summed E-state index contributed by atoms with van der Waals surface area (Å²) in [5, 5.41) is 6.28. The maximum absolute atomic E-state index is 12.1. The number of carbonyl (C=O) groups excluding carboxylic acids is 1. The molecule has 2 N–H and O–H groups in total. The van der Waals surface area contributed by atoms with Crippen LogP contribution in [0.1, 0.15) is 25.5 Å². The Labute approximate surface area is 102 Å². The van der Waals surface area contributed by atoms with E-state index in [4.69, 9.17) is 4.42 Å². The highest BCUT2D eigenvalue weighted by Gasteiger charge is 2.34. The molecule has 1 aliphatic rings. The predicted octanol–water partition coefficient (Wildman–Crippen LogP) is 1.33. The molecular formula is C13H20N2O2. The van der Waals surface area contributed by atoms with Gasteiger partial charge in [0.15, 0.2) is 0 Å². The Balaban J connectivity index is 1.76. The zero-order valence-corrected chi connectivity index (χ0v) is 10.3. The van der Waals surface area contributed by atoms with Gasteiger partial charge in [0.25, 0.3) is 0 Å². The van der Waals surface area contributed by atoms with Crippen molar-refractivity contribution in [2.75, 3.05) is 19.6 Å². The number of hydrogen-bond acceptors (Lipinski definition) is 3. The van der Waals surface area contributed by atoms with Crippen LogP contribution in [0.15, 0.2) is 22.8 Å². The van der Waals surface area contributed by atoms with Gasteiger partial charge in [-0.25, -0.2) is 0 Å². The van der Waals surface area contributed by atoms with Crippen molar-refractivity contribution in [3.05, 3.63) is 24.2 Å². The van der Waals surface area contributed by atoms with Gasteiger partial charge in [0.2, 0.25) is 5.91 Å². The molecule has 0 spiro atoms. The smallest absolute Gasteiger partial charge is 0.226 e. The first kappa shape index (κ1) is 12.2. The van der Waals surface area contributed by atoms with Gasteiger partial charge in [-0.15, -0.1) is 0 Å². The Bertz CT molecular complexity index is 354. The summed E-state index contributed by atoms with van der Waals surface area (Å²) in [5.41, 5.74) is -0.200. The van der Waals surface area contributed by atoms with Crippen molar-refractivity contribution >= 4 is 5.91 Å². The molecule has 0 bridgehead atoms. The van der Waals surface area contributed by atoms with E-state index in [1.807, 2.05) is 12.1 Å². The molecular weight excluding hydrogens is 216 g/mol. The summed E-state index contributed by atoms with van der Waals surface area (Å²) in [7, 11) is 0. The highest BCUT2D eigenvalue weighted by atomic mass is 16.3. The largest absolute Gasteiger partial charge is 0.469 e. The first-order valence-corrected chi connectivity index (χ1v) is 6.22. The molecule has 0 aliphatic carbocycles. The molecule has 2 rings (SSSR count). The van der Waals surface area contributed by atoms with E-state index < -0.39 is 0 Å². The minimum absolute atomic E-state index is 0.172. The number of amides is 1. The summed E-state index contributed by atoms with van der Waals surface area (Å²) in [6.45, 7) is 4.57. The Morgan fingerprint density at radius 1 is 1.53 bits per heavy atom. The molecule has 0 radical (unpaired) electrons. The minimum Gasteiger partial charge on any atom is -0.469 e. The third-order valence-corrected chi connectivity index (χ3v) is 3.49. The lowest BCUT2D eigenvalue weighted by molar-refractivity contribution is -0.131. The van der Waals surface area contributed by atoms with Gasteiger partial charge in [-0.2, -0.15) is 0 Å². The molecule has 0 aromatic carbocycles.